The predicted octanol–water partition coefficient (Wildman–Crippen LogP) is 4.30. The lowest BCUT2D eigenvalue weighted by Gasteiger charge is -2.33. The van der Waals surface area contributed by atoms with E-state index in [0.717, 1.165) is 19.3 Å². The number of furan rings is 1. The number of likely N-dealkylation sites (tertiary alicyclic amines) is 1. The van der Waals surface area contributed by atoms with E-state index in [4.69, 9.17) is 9.15 Å². The van der Waals surface area contributed by atoms with Gasteiger partial charge in [-0.3, -0.25) is 14.5 Å². The van der Waals surface area contributed by atoms with Gasteiger partial charge in [-0.05, 0) is 39.2 Å². The van der Waals surface area contributed by atoms with Crippen molar-refractivity contribution in [1.29, 1.82) is 0 Å². The number of hydrogen-bond donors (Lipinski definition) is 0. The summed E-state index contributed by atoms with van der Waals surface area (Å²) in [5.41, 5.74) is 1.11. The van der Waals surface area contributed by atoms with Crippen LogP contribution in [0, 0.1) is 12.8 Å². The van der Waals surface area contributed by atoms with Gasteiger partial charge < -0.3 is 14.1 Å². The normalized spacial score (nSPS) is 14.4. The van der Waals surface area contributed by atoms with Crippen LogP contribution in [-0.4, -0.2) is 53.9 Å². The van der Waals surface area contributed by atoms with Gasteiger partial charge in [0, 0.05) is 25.6 Å². The summed E-state index contributed by atoms with van der Waals surface area (Å²) >= 11 is 1.21. The number of aryl methyl sites for hydroxylation is 1. The number of unbranched alkanes of at least 4 members (excludes halogenated alkanes) is 2. The number of amides is 2. The van der Waals surface area contributed by atoms with Gasteiger partial charge in [0.1, 0.15) is 11.1 Å². The molecular formula is C23H31N3O5S. The van der Waals surface area contributed by atoms with Crippen LogP contribution in [0.2, 0.25) is 0 Å². The van der Waals surface area contributed by atoms with Crippen LogP contribution < -0.4 is 4.90 Å². The van der Waals surface area contributed by atoms with Crippen molar-refractivity contribution in [2.45, 2.75) is 52.9 Å². The van der Waals surface area contributed by atoms with Crippen molar-refractivity contribution in [2.75, 3.05) is 31.1 Å². The molecule has 2 amide bonds. The molecule has 174 valence electrons. The number of aromatic nitrogens is 1. The summed E-state index contributed by atoms with van der Waals surface area (Å²) in [4.78, 5) is 46.7. The lowest BCUT2D eigenvalue weighted by molar-refractivity contribution is -0.123. The van der Waals surface area contributed by atoms with E-state index in [0.29, 0.717) is 60.3 Å². The number of piperidine rings is 1. The molecule has 3 heterocycles. The molecule has 0 radical (unpaired) electrons. The Balaban J connectivity index is 1.71. The smallest absolute Gasteiger partial charge is 0.350 e. The summed E-state index contributed by atoms with van der Waals surface area (Å²) in [6, 6.07) is 1.65. The van der Waals surface area contributed by atoms with Crippen LogP contribution in [0.3, 0.4) is 0 Å². The molecule has 1 aliphatic rings. The average molecular weight is 462 g/mol. The molecule has 9 heteroatoms. The molecule has 0 saturated carbocycles. The summed E-state index contributed by atoms with van der Waals surface area (Å²) in [5.74, 6) is -0.638. The lowest BCUT2D eigenvalue weighted by atomic mass is 9.95. The Morgan fingerprint density at radius 2 is 2.00 bits per heavy atom. The van der Waals surface area contributed by atoms with Gasteiger partial charge in [0.25, 0.3) is 5.91 Å². The van der Waals surface area contributed by atoms with E-state index in [1.807, 2.05) is 0 Å². The minimum Gasteiger partial charge on any atom is -0.472 e. The van der Waals surface area contributed by atoms with Crippen LogP contribution in [0.5, 0.6) is 0 Å². The van der Waals surface area contributed by atoms with E-state index in [9.17, 15) is 14.4 Å². The second-order valence-electron chi connectivity index (χ2n) is 7.91. The Morgan fingerprint density at radius 1 is 1.25 bits per heavy atom. The van der Waals surface area contributed by atoms with Gasteiger partial charge in [-0.25, -0.2) is 9.78 Å². The Morgan fingerprint density at radius 3 is 2.62 bits per heavy atom. The minimum absolute atomic E-state index is 0.0145. The highest BCUT2D eigenvalue weighted by atomic mass is 32.1. The highest BCUT2D eigenvalue weighted by Crippen LogP contribution is 2.30. The van der Waals surface area contributed by atoms with E-state index in [2.05, 4.69) is 11.9 Å². The Labute approximate surface area is 192 Å². The Hall–Kier alpha value is -2.68. The first-order valence-corrected chi connectivity index (χ1v) is 12.0. The molecule has 1 aliphatic heterocycles. The molecule has 3 rings (SSSR count). The van der Waals surface area contributed by atoms with E-state index in [-0.39, 0.29) is 17.7 Å². The second kappa shape index (κ2) is 11.3. The predicted molar refractivity (Wildman–Crippen MR) is 122 cm³/mol. The zero-order chi connectivity index (χ0) is 23.1. The number of thiazole rings is 1. The van der Waals surface area contributed by atoms with Crippen LogP contribution in [0.15, 0.2) is 23.0 Å². The van der Waals surface area contributed by atoms with Crippen LogP contribution in [0.25, 0.3) is 0 Å². The number of nitrogens with zero attached hydrogens (tertiary/aromatic N) is 3. The number of hydrogen-bond acceptors (Lipinski definition) is 7. The summed E-state index contributed by atoms with van der Waals surface area (Å²) in [7, 11) is 0. The maximum Gasteiger partial charge on any atom is 0.350 e. The van der Waals surface area contributed by atoms with Crippen molar-refractivity contribution in [3.05, 3.63) is 34.7 Å². The van der Waals surface area contributed by atoms with Crippen LogP contribution >= 0.6 is 11.3 Å². The molecule has 0 N–H and O–H groups in total. The third kappa shape index (κ3) is 5.56. The lowest BCUT2D eigenvalue weighted by Crippen LogP contribution is -2.44. The Kier molecular flexibility index (Phi) is 8.44. The number of ether oxygens (including phenoxy) is 1. The van der Waals surface area contributed by atoms with E-state index in [1.165, 1.54) is 23.9 Å². The zero-order valence-electron chi connectivity index (χ0n) is 19.0. The molecule has 0 aliphatic carbocycles. The fraction of sp³-hybridized carbons (Fsp3) is 0.565. The second-order valence-corrected chi connectivity index (χ2v) is 8.88. The molecule has 1 saturated heterocycles. The molecule has 8 nitrogen and oxygen atoms in total. The maximum atomic E-state index is 13.5. The molecule has 0 spiro atoms. The monoisotopic (exact) mass is 461 g/mol. The van der Waals surface area contributed by atoms with Crippen molar-refractivity contribution in [1.82, 2.24) is 9.88 Å². The fourth-order valence-corrected chi connectivity index (χ4v) is 4.81. The topological polar surface area (TPSA) is 93.0 Å². The van der Waals surface area contributed by atoms with Crippen LogP contribution in [0.1, 0.15) is 71.7 Å². The first-order chi connectivity index (χ1) is 15.5. The first kappa shape index (κ1) is 24.0. The third-order valence-electron chi connectivity index (χ3n) is 5.63. The molecule has 0 aromatic carbocycles. The zero-order valence-corrected chi connectivity index (χ0v) is 19.8. The SMILES string of the molecule is CCCCCN(C(=O)C1CCN(C(=O)c2ccoc2)CC1)c1nc(C)c(C(=O)OCC)s1. The van der Waals surface area contributed by atoms with Gasteiger partial charge in [-0.15, -0.1) is 0 Å². The van der Waals surface area contributed by atoms with Gasteiger partial charge in [-0.2, -0.15) is 0 Å². The van der Waals surface area contributed by atoms with Gasteiger partial charge in [-0.1, -0.05) is 31.1 Å². The highest BCUT2D eigenvalue weighted by Gasteiger charge is 2.33. The van der Waals surface area contributed by atoms with E-state index in [1.54, 1.807) is 29.7 Å². The fourth-order valence-electron chi connectivity index (χ4n) is 3.82. The summed E-state index contributed by atoms with van der Waals surface area (Å²) in [6.45, 7) is 7.55. The molecular weight excluding hydrogens is 430 g/mol. The minimum atomic E-state index is -0.402. The van der Waals surface area contributed by atoms with Gasteiger partial charge in [0.05, 0.1) is 24.1 Å². The number of anilines is 1. The number of carbonyl (C=O) groups is 3. The molecule has 2 aromatic heterocycles. The Bertz CT molecular complexity index is 916. The highest BCUT2D eigenvalue weighted by molar-refractivity contribution is 7.17. The first-order valence-electron chi connectivity index (χ1n) is 11.2. The maximum absolute atomic E-state index is 13.5. The molecule has 1 fully saturated rings. The largest absolute Gasteiger partial charge is 0.472 e. The standard InChI is InChI=1S/C23H31N3O5S/c1-4-6-7-11-26(23-24-16(3)19(32-23)22(29)31-5-2)21(28)17-8-12-25(13-9-17)20(27)18-10-14-30-15-18/h10,14-15,17H,4-9,11-13H2,1-3H3. The molecule has 0 unspecified atom stereocenters. The van der Waals surface area contributed by atoms with Crippen molar-refractivity contribution in [2.24, 2.45) is 5.92 Å². The summed E-state index contributed by atoms with van der Waals surface area (Å²) < 4.78 is 10.1. The number of esters is 1. The van der Waals surface area contributed by atoms with Gasteiger partial charge >= 0.3 is 5.97 Å². The van der Waals surface area contributed by atoms with E-state index >= 15 is 0 Å². The number of carbonyl (C=O) groups excluding carboxylic acids is 3. The van der Waals surface area contributed by atoms with Gasteiger partial charge in [0.2, 0.25) is 5.91 Å². The van der Waals surface area contributed by atoms with Crippen molar-refractivity contribution in [3.63, 3.8) is 0 Å². The van der Waals surface area contributed by atoms with Crippen molar-refractivity contribution < 1.29 is 23.5 Å². The van der Waals surface area contributed by atoms with Crippen LogP contribution in [-0.2, 0) is 9.53 Å². The van der Waals surface area contributed by atoms with Crippen molar-refractivity contribution >= 4 is 34.3 Å². The molecule has 0 atom stereocenters. The molecule has 32 heavy (non-hydrogen) atoms. The van der Waals surface area contributed by atoms with Crippen molar-refractivity contribution in [3.8, 4) is 0 Å². The quantitative estimate of drug-likeness (QED) is 0.408. The van der Waals surface area contributed by atoms with Crippen LogP contribution in [0.4, 0.5) is 5.13 Å². The third-order valence-corrected chi connectivity index (χ3v) is 6.79. The molecule has 0 bridgehead atoms. The average Bonchev–Trinajstić information content (AvgIpc) is 3.46. The summed E-state index contributed by atoms with van der Waals surface area (Å²) in [6.07, 6.45) is 7.05. The van der Waals surface area contributed by atoms with E-state index < -0.39 is 5.97 Å². The number of rotatable bonds is 9. The van der Waals surface area contributed by atoms with Gasteiger partial charge in [0.15, 0.2) is 5.13 Å². The summed E-state index contributed by atoms with van der Waals surface area (Å²) in [5, 5.41) is 0.545. The molecule has 2 aromatic rings.